The molecule has 0 heterocycles. The number of hydrogen-bond acceptors (Lipinski definition) is 5. The van der Waals surface area contributed by atoms with Crippen LogP contribution in [0.1, 0.15) is 6.92 Å². The normalized spacial score (nSPS) is 11.4. The van der Waals surface area contributed by atoms with E-state index in [0.29, 0.717) is 11.8 Å². The Balaban J connectivity index is 3.02. The van der Waals surface area contributed by atoms with Gasteiger partial charge in [-0.15, -0.1) is 11.8 Å². The number of primary sulfonamides is 1. The Labute approximate surface area is 133 Å². The maximum atomic E-state index is 13.7. The van der Waals surface area contributed by atoms with Gasteiger partial charge in [0.25, 0.3) is 0 Å². The molecule has 0 aliphatic heterocycles. The molecular weight excluding hydrogens is 362 g/mol. The molecule has 0 atom stereocenters. The molecule has 2 N–H and O–H groups in total. The van der Waals surface area contributed by atoms with E-state index in [2.05, 4.69) is 16.5 Å². The van der Waals surface area contributed by atoms with Gasteiger partial charge in [0.1, 0.15) is 6.61 Å². The highest BCUT2D eigenvalue weighted by atomic mass is 32.2. The van der Waals surface area contributed by atoms with Crippen LogP contribution in [0.3, 0.4) is 0 Å². The van der Waals surface area contributed by atoms with Crippen LogP contribution in [-0.2, 0) is 19.6 Å². The SMILES string of the molecule is C=C(C)C(=O)OCCSc1c(F)c(F)c(S(N)(=O)=O)c(F)c1F. The number of nitrogens with two attached hydrogens (primary N) is 1. The molecule has 1 aromatic carbocycles. The molecule has 0 spiro atoms. The molecule has 0 fully saturated rings. The fourth-order valence-corrected chi connectivity index (χ4v) is 2.85. The Morgan fingerprint density at radius 3 is 2.04 bits per heavy atom. The van der Waals surface area contributed by atoms with Gasteiger partial charge in [-0.2, -0.15) is 0 Å². The van der Waals surface area contributed by atoms with Crippen LogP contribution in [0, 0.1) is 23.3 Å². The summed E-state index contributed by atoms with van der Waals surface area (Å²) in [4.78, 5) is 8.10. The molecule has 23 heavy (non-hydrogen) atoms. The number of benzene rings is 1. The average Bonchev–Trinajstić information content (AvgIpc) is 2.42. The second-order valence-electron chi connectivity index (χ2n) is 4.22. The first-order valence-electron chi connectivity index (χ1n) is 5.82. The smallest absolute Gasteiger partial charge is 0.333 e. The summed E-state index contributed by atoms with van der Waals surface area (Å²) in [6, 6.07) is 0. The molecule has 5 nitrogen and oxygen atoms in total. The third-order valence-electron chi connectivity index (χ3n) is 2.38. The zero-order valence-corrected chi connectivity index (χ0v) is 13.3. The lowest BCUT2D eigenvalue weighted by Crippen LogP contribution is -2.19. The van der Waals surface area contributed by atoms with Crippen LogP contribution >= 0.6 is 11.8 Å². The van der Waals surface area contributed by atoms with Crippen molar-refractivity contribution >= 4 is 27.8 Å². The van der Waals surface area contributed by atoms with Crippen molar-refractivity contribution in [2.75, 3.05) is 12.4 Å². The molecule has 0 unspecified atom stereocenters. The number of esters is 1. The van der Waals surface area contributed by atoms with Crippen LogP contribution < -0.4 is 5.14 Å². The number of carbonyl (C=O) groups is 1. The van der Waals surface area contributed by atoms with Crippen LogP contribution in [0.25, 0.3) is 0 Å². The Hall–Kier alpha value is -1.59. The summed E-state index contributed by atoms with van der Waals surface area (Å²) in [5, 5.41) is 4.52. The lowest BCUT2D eigenvalue weighted by Gasteiger charge is -2.10. The van der Waals surface area contributed by atoms with Crippen molar-refractivity contribution in [1.29, 1.82) is 0 Å². The van der Waals surface area contributed by atoms with Gasteiger partial charge in [-0.05, 0) is 6.92 Å². The van der Waals surface area contributed by atoms with Gasteiger partial charge in [0.05, 0.1) is 4.90 Å². The van der Waals surface area contributed by atoms with E-state index in [4.69, 9.17) is 0 Å². The number of rotatable bonds is 6. The molecule has 0 amide bonds. The second kappa shape index (κ2) is 7.32. The van der Waals surface area contributed by atoms with Gasteiger partial charge in [0, 0.05) is 11.3 Å². The van der Waals surface area contributed by atoms with E-state index in [1.54, 1.807) is 0 Å². The van der Waals surface area contributed by atoms with Crippen LogP contribution in [0.15, 0.2) is 21.9 Å². The molecule has 11 heteroatoms. The topological polar surface area (TPSA) is 86.5 Å². The third kappa shape index (κ3) is 4.45. The fraction of sp³-hybridized carbons (Fsp3) is 0.250. The highest BCUT2D eigenvalue weighted by Gasteiger charge is 2.31. The van der Waals surface area contributed by atoms with Crippen molar-refractivity contribution in [2.45, 2.75) is 16.7 Å². The number of hydrogen-bond donors (Lipinski definition) is 1. The predicted octanol–water partition coefficient (Wildman–Crippen LogP) is 2.10. The van der Waals surface area contributed by atoms with Gasteiger partial charge in [-0.3, -0.25) is 0 Å². The summed E-state index contributed by atoms with van der Waals surface area (Å²) in [5.74, 6) is -9.01. The highest BCUT2D eigenvalue weighted by molar-refractivity contribution is 7.99. The Morgan fingerprint density at radius 2 is 1.65 bits per heavy atom. The molecule has 0 saturated heterocycles. The summed E-state index contributed by atoms with van der Waals surface area (Å²) in [6.07, 6.45) is 0. The van der Waals surface area contributed by atoms with E-state index in [0.717, 1.165) is 0 Å². The summed E-state index contributed by atoms with van der Waals surface area (Å²) >= 11 is 0.303. The minimum Gasteiger partial charge on any atom is -0.461 e. The van der Waals surface area contributed by atoms with Gasteiger partial charge < -0.3 is 4.74 Å². The minimum absolute atomic E-state index is 0.0990. The van der Waals surface area contributed by atoms with E-state index < -0.39 is 49.1 Å². The summed E-state index contributed by atoms with van der Waals surface area (Å²) in [7, 11) is -4.99. The fourth-order valence-electron chi connectivity index (χ4n) is 1.37. The van der Waals surface area contributed by atoms with E-state index in [1.165, 1.54) is 6.92 Å². The van der Waals surface area contributed by atoms with Crippen LogP contribution in [0.2, 0.25) is 0 Å². The van der Waals surface area contributed by atoms with Crippen molar-refractivity contribution in [2.24, 2.45) is 5.14 Å². The maximum Gasteiger partial charge on any atom is 0.333 e. The zero-order chi connectivity index (χ0) is 17.9. The Kier molecular flexibility index (Phi) is 6.19. The van der Waals surface area contributed by atoms with Crippen molar-refractivity contribution in [3.05, 3.63) is 35.4 Å². The Morgan fingerprint density at radius 1 is 1.17 bits per heavy atom. The first-order valence-corrected chi connectivity index (χ1v) is 8.35. The molecule has 1 rings (SSSR count). The molecule has 0 aliphatic rings. The summed E-state index contributed by atoms with van der Waals surface area (Å²) < 4.78 is 81.2. The van der Waals surface area contributed by atoms with Crippen LogP contribution in [0.4, 0.5) is 17.6 Å². The monoisotopic (exact) mass is 373 g/mol. The van der Waals surface area contributed by atoms with Crippen molar-refractivity contribution in [3.8, 4) is 0 Å². The average molecular weight is 373 g/mol. The number of carbonyl (C=O) groups excluding carboxylic acids is 1. The highest BCUT2D eigenvalue weighted by Crippen LogP contribution is 2.33. The lowest BCUT2D eigenvalue weighted by molar-refractivity contribution is -0.138. The molecule has 0 saturated carbocycles. The largest absolute Gasteiger partial charge is 0.461 e. The zero-order valence-electron chi connectivity index (χ0n) is 11.7. The van der Waals surface area contributed by atoms with Gasteiger partial charge in [-0.1, -0.05) is 6.58 Å². The number of halogens is 4. The third-order valence-corrected chi connectivity index (χ3v) is 4.32. The van der Waals surface area contributed by atoms with E-state index in [-0.39, 0.29) is 17.9 Å². The van der Waals surface area contributed by atoms with E-state index >= 15 is 0 Å². The maximum absolute atomic E-state index is 13.7. The summed E-state index contributed by atoms with van der Waals surface area (Å²) in [6.45, 7) is 4.38. The number of ether oxygens (including phenoxy) is 1. The molecule has 128 valence electrons. The number of thioether (sulfide) groups is 1. The minimum atomic E-state index is -4.99. The molecule has 0 bridgehead atoms. The van der Waals surface area contributed by atoms with Gasteiger partial charge in [0.2, 0.25) is 10.0 Å². The van der Waals surface area contributed by atoms with Gasteiger partial charge >= 0.3 is 5.97 Å². The molecule has 1 aromatic rings. The van der Waals surface area contributed by atoms with Crippen molar-refractivity contribution < 1.29 is 35.5 Å². The summed E-state index contributed by atoms with van der Waals surface area (Å²) in [5.41, 5.74) is 0.0990. The van der Waals surface area contributed by atoms with Crippen molar-refractivity contribution in [3.63, 3.8) is 0 Å². The Bertz CT molecular complexity index is 736. The van der Waals surface area contributed by atoms with Crippen molar-refractivity contribution in [1.82, 2.24) is 0 Å². The van der Waals surface area contributed by atoms with Crippen LogP contribution in [0.5, 0.6) is 0 Å². The molecular formula is C12H11F4NO4S2. The van der Waals surface area contributed by atoms with Gasteiger partial charge in [-0.25, -0.2) is 35.9 Å². The van der Waals surface area contributed by atoms with Crippen LogP contribution in [-0.4, -0.2) is 26.7 Å². The molecule has 0 aromatic heterocycles. The quantitative estimate of drug-likeness (QED) is 0.206. The predicted molar refractivity (Wildman–Crippen MR) is 74.1 cm³/mol. The van der Waals surface area contributed by atoms with Gasteiger partial charge in [0.15, 0.2) is 28.2 Å². The van der Waals surface area contributed by atoms with E-state index in [1.807, 2.05) is 0 Å². The molecule has 0 aliphatic carbocycles. The standard InChI is InChI=1S/C12H11F4NO4S2/c1-5(2)12(18)21-3-4-22-10-6(13)8(15)11(23(17,19)20)9(16)7(10)14/h1,3-4H2,2H3,(H2,17,19,20). The lowest BCUT2D eigenvalue weighted by atomic mass is 10.3. The first kappa shape index (κ1) is 19.5. The number of sulfonamides is 1. The molecule has 0 radical (unpaired) electrons. The first-order chi connectivity index (χ1) is 10.5. The van der Waals surface area contributed by atoms with E-state index in [9.17, 15) is 30.8 Å². The second-order valence-corrected chi connectivity index (χ2v) is 6.83.